The Balaban J connectivity index is 2.88. The molecule has 0 fully saturated rings. The summed E-state index contributed by atoms with van der Waals surface area (Å²) in [4.78, 5) is 3.55. The Morgan fingerprint density at radius 2 is 2.00 bits per heavy atom. The first-order valence-electron chi connectivity index (χ1n) is 4.64. The van der Waals surface area contributed by atoms with Gasteiger partial charge in [-0.25, -0.2) is 4.98 Å². The van der Waals surface area contributed by atoms with Crippen LogP contribution in [0.15, 0.2) is 18.3 Å². The van der Waals surface area contributed by atoms with Crippen LogP contribution in [0.3, 0.4) is 0 Å². The van der Waals surface area contributed by atoms with Gasteiger partial charge in [-0.2, -0.15) is 13.2 Å². The van der Waals surface area contributed by atoms with Crippen LogP contribution in [0.4, 0.5) is 13.2 Å². The topological polar surface area (TPSA) is 48.1 Å². The lowest BCUT2D eigenvalue weighted by Crippen LogP contribution is -2.39. The summed E-state index contributed by atoms with van der Waals surface area (Å²) in [6.45, 7) is 3.28. The lowest BCUT2D eigenvalue weighted by atomic mass is 10.1. The molecular weight excluding hydrogens is 221 g/mol. The Kier molecular flexibility index (Phi) is 3.42. The molecule has 16 heavy (non-hydrogen) atoms. The second-order valence-electron chi connectivity index (χ2n) is 4.13. The minimum Gasteiger partial charge on any atom is -0.475 e. The highest BCUT2D eigenvalue weighted by Crippen LogP contribution is 2.34. The molecule has 0 aliphatic carbocycles. The molecule has 0 atom stereocenters. The molecule has 0 aliphatic heterocycles. The fourth-order valence-electron chi connectivity index (χ4n) is 0.976. The first kappa shape index (κ1) is 12.8. The molecular formula is C10H13F3N2O. The van der Waals surface area contributed by atoms with Gasteiger partial charge in [0.05, 0.1) is 0 Å². The second-order valence-corrected chi connectivity index (χ2v) is 4.13. The molecule has 1 heterocycles. The van der Waals surface area contributed by atoms with Crippen molar-refractivity contribution in [3.63, 3.8) is 0 Å². The number of rotatable bonds is 3. The highest BCUT2D eigenvalue weighted by molar-refractivity contribution is 5.28. The fourth-order valence-corrected chi connectivity index (χ4v) is 0.976. The first-order valence-corrected chi connectivity index (χ1v) is 4.64. The minimum atomic E-state index is -4.47. The van der Waals surface area contributed by atoms with Crippen molar-refractivity contribution in [3.05, 3.63) is 23.9 Å². The molecule has 0 unspecified atom stereocenters. The van der Waals surface area contributed by atoms with Gasteiger partial charge in [-0.05, 0) is 26.0 Å². The molecule has 0 spiro atoms. The van der Waals surface area contributed by atoms with Crippen molar-refractivity contribution in [2.75, 3.05) is 6.61 Å². The van der Waals surface area contributed by atoms with E-state index in [9.17, 15) is 13.2 Å². The van der Waals surface area contributed by atoms with Gasteiger partial charge in [0.25, 0.3) is 0 Å². The average molecular weight is 234 g/mol. The maximum absolute atomic E-state index is 12.5. The number of halogens is 3. The van der Waals surface area contributed by atoms with Crippen molar-refractivity contribution >= 4 is 0 Å². The van der Waals surface area contributed by atoms with E-state index in [1.54, 1.807) is 13.8 Å². The van der Waals surface area contributed by atoms with E-state index < -0.39 is 23.2 Å². The minimum absolute atomic E-state index is 0.0346. The normalized spacial score (nSPS) is 12.6. The van der Waals surface area contributed by atoms with Gasteiger partial charge in [0.2, 0.25) is 5.88 Å². The molecule has 0 radical (unpaired) electrons. The monoisotopic (exact) mass is 234 g/mol. The molecule has 90 valence electrons. The maximum Gasteiger partial charge on any atom is 0.421 e. The van der Waals surface area contributed by atoms with Gasteiger partial charge in [0.1, 0.15) is 12.2 Å². The number of nitrogens with zero attached hydrogens (tertiary/aromatic N) is 1. The zero-order chi connectivity index (χ0) is 12.4. The molecule has 1 rings (SSSR count). The molecule has 3 nitrogen and oxygen atoms in total. The number of pyridine rings is 1. The van der Waals surface area contributed by atoms with Gasteiger partial charge < -0.3 is 10.5 Å². The third kappa shape index (κ3) is 3.69. The van der Waals surface area contributed by atoms with Crippen LogP contribution in [0.25, 0.3) is 0 Å². The van der Waals surface area contributed by atoms with E-state index in [1.807, 2.05) is 0 Å². The molecule has 1 aromatic heterocycles. The Bertz CT molecular complexity index is 358. The van der Waals surface area contributed by atoms with Crippen molar-refractivity contribution in [1.29, 1.82) is 0 Å². The molecule has 0 saturated heterocycles. The Morgan fingerprint density at radius 1 is 1.38 bits per heavy atom. The van der Waals surface area contributed by atoms with E-state index >= 15 is 0 Å². The number of hydrogen-bond acceptors (Lipinski definition) is 3. The van der Waals surface area contributed by atoms with Crippen LogP contribution in [0, 0.1) is 0 Å². The summed E-state index contributed by atoms with van der Waals surface area (Å²) >= 11 is 0. The summed E-state index contributed by atoms with van der Waals surface area (Å²) in [6, 6.07) is 2.13. The molecule has 1 aromatic rings. The van der Waals surface area contributed by atoms with Gasteiger partial charge in [-0.1, -0.05) is 0 Å². The Morgan fingerprint density at radius 3 is 2.50 bits per heavy atom. The van der Waals surface area contributed by atoms with E-state index in [2.05, 4.69) is 4.98 Å². The first-order chi connectivity index (χ1) is 7.20. The number of nitrogens with two attached hydrogens (primary N) is 1. The molecule has 2 N–H and O–H groups in total. The van der Waals surface area contributed by atoms with Crippen LogP contribution >= 0.6 is 0 Å². The fraction of sp³-hybridized carbons (Fsp3) is 0.500. The summed E-state index contributed by atoms with van der Waals surface area (Å²) in [5.74, 6) is -0.437. The van der Waals surface area contributed by atoms with E-state index in [4.69, 9.17) is 10.5 Å². The molecule has 6 heteroatoms. The van der Waals surface area contributed by atoms with E-state index in [0.29, 0.717) is 0 Å². The van der Waals surface area contributed by atoms with E-state index in [1.165, 1.54) is 12.3 Å². The second kappa shape index (κ2) is 4.29. The Hall–Kier alpha value is -1.30. The van der Waals surface area contributed by atoms with Crippen LogP contribution in [0.2, 0.25) is 0 Å². The lowest BCUT2D eigenvalue weighted by Gasteiger charge is -2.20. The molecule has 0 amide bonds. The van der Waals surface area contributed by atoms with Crippen molar-refractivity contribution in [3.8, 4) is 5.88 Å². The van der Waals surface area contributed by atoms with E-state index in [0.717, 1.165) is 6.07 Å². The van der Waals surface area contributed by atoms with E-state index in [-0.39, 0.29) is 6.61 Å². The number of aromatic nitrogens is 1. The van der Waals surface area contributed by atoms with Gasteiger partial charge >= 0.3 is 6.18 Å². The van der Waals surface area contributed by atoms with Crippen molar-refractivity contribution in [2.24, 2.45) is 5.73 Å². The SMILES string of the molecule is CC(C)(N)COc1ncccc1C(F)(F)F. The standard InChI is InChI=1S/C10H13F3N2O/c1-9(2,14)6-16-8-7(10(11,12)13)4-3-5-15-8/h3-5H,6,14H2,1-2H3. The number of hydrogen-bond donors (Lipinski definition) is 1. The van der Waals surface area contributed by atoms with Crippen LogP contribution in [0.1, 0.15) is 19.4 Å². The smallest absolute Gasteiger partial charge is 0.421 e. The number of ether oxygens (including phenoxy) is 1. The van der Waals surface area contributed by atoms with Gasteiger partial charge in [0.15, 0.2) is 0 Å². The van der Waals surface area contributed by atoms with Crippen molar-refractivity contribution in [1.82, 2.24) is 4.98 Å². The summed E-state index contributed by atoms with van der Waals surface area (Å²) in [7, 11) is 0. The Labute approximate surface area is 91.4 Å². The van der Waals surface area contributed by atoms with Crippen LogP contribution in [0.5, 0.6) is 5.88 Å². The number of alkyl halides is 3. The summed E-state index contributed by atoms with van der Waals surface area (Å²) < 4.78 is 42.5. The zero-order valence-electron chi connectivity index (χ0n) is 9.01. The van der Waals surface area contributed by atoms with Gasteiger partial charge in [0, 0.05) is 11.7 Å². The third-order valence-electron chi connectivity index (χ3n) is 1.66. The van der Waals surface area contributed by atoms with Crippen LogP contribution in [-0.2, 0) is 6.18 Å². The lowest BCUT2D eigenvalue weighted by molar-refractivity contribution is -0.139. The zero-order valence-corrected chi connectivity index (χ0v) is 9.01. The summed E-state index contributed by atoms with van der Waals surface area (Å²) in [5, 5.41) is 0. The molecule has 0 bridgehead atoms. The summed E-state index contributed by atoms with van der Waals surface area (Å²) in [5.41, 5.74) is 4.01. The van der Waals surface area contributed by atoms with Crippen LogP contribution < -0.4 is 10.5 Å². The predicted molar refractivity (Wildman–Crippen MR) is 53.0 cm³/mol. The molecule has 0 aromatic carbocycles. The molecule has 0 saturated carbocycles. The maximum atomic E-state index is 12.5. The highest BCUT2D eigenvalue weighted by atomic mass is 19.4. The average Bonchev–Trinajstić information content (AvgIpc) is 2.12. The largest absolute Gasteiger partial charge is 0.475 e. The third-order valence-corrected chi connectivity index (χ3v) is 1.66. The van der Waals surface area contributed by atoms with Gasteiger partial charge in [-0.3, -0.25) is 0 Å². The molecule has 0 aliphatic rings. The van der Waals surface area contributed by atoms with Gasteiger partial charge in [-0.15, -0.1) is 0 Å². The quantitative estimate of drug-likeness (QED) is 0.872. The summed E-state index contributed by atoms with van der Waals surface area (Å²) in [6.07, 6.45) is -3.23. The highest BCUT2D eigenvalue weighted by Gasteiger charge is 2.35. The van der Waals surface area contributed by atoms with Crippen molar-refractivity contribution in [2.45, 2.75) is 25.6 Å². The van der Waals surface area contributed by atoms with Crippen molar-refractivity contribution < 1.29 is 17.9 Å². The predicted octanol–water partition coefficient (Wildman–Crippen LogP) is 2.22. The van der Waals surface area contributed by atoms with Crippen LogP contribution in [-0.4, -0.2) is 17.1 Å².